The van der Waals surface area contributed by atoms with Gasteiger partial charge in [0.1, 0.15) is 5.75 Å². The zero-order chi connectivity index (χ0) is 16.7. The molecule has 0 unspecified atom stereocenters. The van der Waals surface area contributed by atoms with Crippen molar-refractivity contribution in [2.75, 3.05) is 33.8 Å². The Bertz CT molecular complexity index is 490. The van der Waals surface area contributed by atoms with Crippen LogP contribution in [0.25, 0.3) is 0 Å². The number of carbonyl (C=O) groups is 1. The van der Waals surface area contributed by atoms with Crippen LogP contribution in [-0.2, 0) is 0 Å². The fourth-order valence-corrected chi connectivity index (χ4v) is 3.23. The maximum absolute atomic E-state index is 11.8. The molecular weight excluding hydrogens is 290 g/mol. The quantitative estimate of drug-likeness (QED) is 0.760. The fourth-order valence-electron chi connectivity index (χ4n) is 3.23. The van der Waals surface area contributed by atoms with E-state index in [0.29, 0.717) is 18.5 Å². The van der Waals surface area contributed by atoms with Crippen LogP contribution in [0.1, 0.15) is 37.8 Å². The number of hydrogen-bond acceptors (Lipinski definition) is 3. The van der Waals surface area contributed by atoms with E-state index in [-0.39, 0.29) is 6.03 Å². The number of rotatable bonds is 7. The zero-order valence-electron chi connectivity index (χ0n) is 14.5. The number of unbranched alkanes of at least 4 members (excludes halogenated alkanes) is 1. The summed E-state index contributed by atoms with van der Waals surface area (Å²) in [5, 5.41) is 5.93. The standard InChI is InChI=1S/C18H29N3O2/c1-4-5-11-19-18(22)20-13-15-10-12-21(2)17(15)14-6-8-16(23-3)9-7-14/h6-9,15,17H,4-5,10-13H2,1-3H3,(H2,19,20,22)/t15-,17+/m1/s1. The molecule has 1 aliphatic heterocycles. The molecule has 2 N–H and O–H groups in total. The van der Waals surface area contributed by atoms with Crippen LogP contribution >= 0.6 is 0 Å². The molecule has 0 aliphatic carbocycles. The SMILES string of the molecule is CCCCNC(=O)NC[C@H]1CCN(C)[C@H]1c1ccc(OC)cc1. The second-order valence-corrected chi connectivity index (χ2v) is 6.24. The lowest BCUT2D eigenvalue weighted by Gasteiger charge is -2.26. The van der Waals surface area contributed by atoms with Gasteiger partial charge in [-0.05, 0) is 50.0 Å². The summed E-state index contributed by atoms with van der Waals surface area (Å²) < 4.78 is 5.23. The van der Waals surface area contributed by atoms with Gasteiger partial charge in [-0.3, -0.25) is 4.90 Å². The molecule has 5 heteroatoms. The van der Waals surface area contributed by atoms with Gasteiger partial charge in [-0.15, -0.1) is 0 Å². The fraction of sp³-hybridized carbons (Fsp3) is 0.611. The first-order valence-electron chi connectivity index (χ1n) is 8.51. The molecule has 5 nitrogen and oxygen atoms in total. The minimum atomic E-state index is -0.0542. The van der Waals surface area contributed by atoms with Crippen molar-refractivity contribution in [2.45, 2.75) is 32.2 Å². The predicted molar refractivity (Wildman–Crippen MR) is 92.8 cm³/mol. The van der Waals surface area contributed by atoms with Gasteiger partial charge in [-0.2, -0.15) is 0 Å². The number of likely N-dealkylation sites (tertiary alicyclic amines) is 1. The normalized spacial score (nSPS) is 21.2. The monoisotopic (exact) mass is 319 g/mol. The molecular formula is C18H29N3O2. The van der Waals surface area contributed by atoms with Crippen LogP contribution in [-0.4, -0.2) is 44.7 Å². The average Bonchev–Trinajstić information content (AvgIpc) is 2.94. The molecule has 0 radical (unpaired) electrons. The molecule has 1 aromatic rings. The van der Waals surface area contributed by atoms with Gasteiger partial charge in [0, 0.05) is 19.1 Å². The van der Waals surface area contributed by atoms with E-state index in [1.165, 1.54) is 5.56 Å². The Morgan fingerprint density at radius 3 is 2.70 bits per heavy atom. The minimum Gasteiger partial charge on any atom is -0.497 e. The number of hydrogen-bond donors (Lipinski definition) is 2. The molecule has 0 saturated carbocycles. The third kappa shape index (κ3) is 4.86. The minimum absolute atomic E-state index is 0.0542. The Labute approximate surface area is 139 Å². The maximum atomic E-state index is 11.8. The molecule has 0 bridgehead atoms. The molecule has 23 heavy (non-hydrogen) atoms. The highest BCUT2D eigenvalue weighted by atomic mass is 16.5. The maximum Gasteiger partial charge on any atom is 0.314 e. The number of ether oxygens (including phenoxy) is 1. The molecule has 1 aliphatic rings. The van der Waals surface area contributed by atoms with Gasteiger partial charge in [0.25, 0.3) is 0 Å². The Kier molecular flexibility index (Phi) is 6.71. The van der Waals surface area contributed by atoms with Gasteiger partial charge in [0.2, 0.25) is 0 Å². The van der Waals surface area contributed by atoms with Crippen molar-refractivity contribution in [3.05, 3.63) is 29.8 Å². The van der Waals surface area contributed by atoms with Crippen molar-refractivity contribution in [2.24, 2.45) is 5.92 Å². The third-order valence-electron chi connectivity index (χ3n) is 4.57. The lowest BCUT2D eigenvalue weighted by Crippen LogP contribution is -2.39. The van der Waals surface area contributed by atoms with Gasteiger partial charge in [0.15, 0.2) is 0 Å². The molecule has 128 valence electrons. The van der Waals surface area contributed by atoms with Crippen LogP contribution in [0.2, 0.25) is 0 Å². The van der Waals surface area contributed by atoms with Gasteiger partial charge < -0.3 is 15.4 Å². The third-order valence-corrected chi connectivity index (χ3v) is 4.57. The van der Waals surface area contributed by atoms with Crippen molar-refractivity contribution in [1.29, 1.82) is 0 Å². The summed E-state index contributed by atoms with van der Waals surface area (Å²) in [6.07, 6.45) is 3.21. The Morgan fingerprint density at radius 1 is 1.30 bits per heavy atom. The summed E-state index contributed by atoms with van der Waals surface area (Å²) in [4.78, 5) is 14.2. The molecule has 1 aromatic carbocycles. The van der Waals surface area contributed by atoms with Crippen LogP contribution in [0.4, 0.5) is 4.79 Å². The lowest BCUT2D eigenvalue weighted by atomic mass is 9.93. The smallest absolute Gasteiger partial charge is 0.314 e. The summed E-state index contributed by atoms with van der Waals surface area (Å²) in [7, 11) is 3.83. The molecule has 1 saturated heterocycles. The van der Waals surface area contributed by atoms with E-state index in [1.807, 2.05) is 12.1 Å². The largest absolute Gasteiger partial charge is 0.497 e. The van der Waals surface area contributed by atoms with Crippen LogP contribution in [0, 0.1) is 5.92 Å². The Balaban J connectivity index is 1.91. The van der Waals surface area contributed by atoms with Crippen LogP contribution in [0.15, 0.2) is 24.3 Å². The van der Waals surface area contributed by atoms with E-state index in [4.69, 9.17) is 4.74 Å². The first-order valence-corrected chi connectivity index (χ1v) is 8.51. The number of benzene rings is 1. The second kappa shape index (κ2) is 8.77. The van der Waals surface area contributed by atoms with Crippen molar-refractivity contribution in [3.8, 4) is 5.75 Å². The molecule has 0 spiro atoms. The van der Waals surface area contributed by atoms with Crippen LogP contribution in [0.5, 0.6) is 5.75 Å². The van der Waals surface area contributed by atoms with E-state index >= 15 is 0 Å². The second-order valence-electron chi connectivity index (χ2n) is 6.24. The molecule has 1 fully saturated rings. The molecule has 1 heterocycles. The highest BCUT2D eigenvalue weighted by Gasteiger charge is 2.33. The van der Waals surface area contributed by atoms with Crippen LogP contribution < -0.4 is 15.4 Å². The van der Waals surface area contributed by atoms with E-state index in [1.54, 1.807) is 7.11 Å². The molecule has 2 rings (SSSR count). The lowest BCUT2D eigenvalue weighted by molar-refractivity contribution is 0.233. The summed E-state index contributed by atoms with van der Waals surface area (Å²) in [5.74, 6) is 1.31. The average molecular weight is 319 g/mol. The van der Waals surface area contributed by atoms with Gasteiger partial charge in [-0.1, -0.05) is 25.5 Å². The summed E-state index contributed by atoms with van der Waals surface area (Å²) in [6, 6.07) is 8.55. The number of amides is 2. The van der Waals surface area contributed by atoms with Gasteiger partial charge in [-0.25, -0.2) is 4.79 Å². The molecule has 2 amide bonds. The van der Waals surface area contributed by atoms with Gasteiger partial charge in [0.05, 0.1) is 7.11 Å². The first kappa shape index (κ1) is 17.6. The van der Waals surface area contributed by atoms with Crippen molar-refractivity contribution in [3.63, 3.8) is 0 Å². The number of urea groups is 1. The Morgan fingerprint density at radius 2 is 2.04 bits per heavy atom. The van der Waals surface area contributed by atoms with E-state index in [9.17, 15) is 4.79 Å². The summed E-state index contributed by atoms with van der Waals surface area (Å²) in [5.41, 5.74) is 1.28. The summed E-state index contributed by atoms with van der Waals surface area (Å²) in [6.45, 7) is 4.63. The highest BCUT2D eigenvalue weighted by molar-refractivity contribution is 5.73. The molecule has 0 aromatic heterocycles. The highest BCUT2D eigenvalue weighted by Crippen LogP contribution is 2.36. The first-order chi connectivity index (χ1) is 11.2. The summed E-state index contributed by atoms with van der Waals surface area (Å²) >= 11 is 0. The van der Waals surface area contributed by atoms with E-state index in [2.05, 4.69) is 41.6 Å². The topological polar surface area (TPSA) is 53.6 Å². The Hall–Kier alpha value is -1.75. The number of carbonyl (C=O) groups excluding carboxylic acids is 1. The van der Waals surface area contributed by atoms with Crippen molar-refractivity contribution in [1.82, 2.24) is 15.5 Å². The van der Waals surface area contributed by atoms with Crippen LogP contribution in [0.3, 0.4) is 0 Å². The zero-order valence-corrected chi connectivity index (χ0v) is 14.5. The predicted octanol–water partition coefficient (Wildman–Crippen LogP) is 2.79. The van der Waals surface area contributed by atoms with Crippen molar-refractivity contribution >= 4 is 6.03 Å². The van der Waals surface area contributed by atoms with E-state index < -0.39 is 0 Å². The molecule has 2 atom stereocenters. The number of methoxy groups -OCH3 is 1. The number of nitrogens with one attached hydrogen (secondary N) is 2. The number of nitrogens with zero attached hydrogens (tertiary/aromatic N) is 1. The van der Waals surface area contributed by atoms with Gasteiger partial charge >= 0.3 is 6.03 Å². The van der Waals surface area contributed by atoms with E-state index in [0.717, 1.165) is 38.1 Å². The van der Waals surface area contributed by atoms with Crippen molar-refractivity contribution < 1.29 is 9.53 Å².